The first-order valence-electron chi connectivity index (χ1n) is 7.80. The van der Waals surface area contributed by atoms with Crippen molar-refractivity contribution in [2.75, 3.05) is 5.73 Å². The molecule has 0 amide bonds. The molecule has 0 saturated carbocycles. The second kappa shape index (κ2) is 6.27. The number of benzene rings is 2. The molecule has 0 aliphatic carbocycles. The lowest BCUT2D eigenvalue weighted by molar-refractivity contribution is 0.101. The highest BCUT2D eigenvalue weighted by atomic mass is 35.5. The molecule has 6 heteroatoms. The van der Waals surface area contributed by atoms with Crippen molar-refractivity contribution in [1.29, 1.82) is 0 Å². The maximum Gasteiger partial charge on any atom is 0.231 e. The zero-order valence-electron chi connectivity index (χ0n) is 13.7. The molecule has 2 N–H and O–H groups in total. The number of ketones is 1. The van der Waals surface area contributed by atoms with Gasteiger partial charge in [0.05, 0.1) is 10.7 Å². The molecule has 0 aliphatic rings. The number of furan rings is 1. The van der Waals surface area contributed by atoms with Crippen molar-refractivity contribution in [1.82, 2.24) is 0 Å². The van der Waals surface area contributed by atoms with Crippen LogP contribution in [0.25, 0.3) is 22.1 Å². The summed E-state index contributed by atoms with van der Waals surface area (Å²) in [6, 6.07) is 9.24. The van der Waals surface area contributed by atoms with Crippen molar-refractivity contribution in [3.63, 3.8) is 0 Å². The average Bonchev–Trinajstić information content (AvgIpc) is 3.17. The largest absolute Gasteiger partial charge is 0.450 e. The number of carbonyl (C=O) groups is 1. The summed E-state index contributed by atoms with van der Waals surface area (Å²) in [5, 5.41) is 4.81. The molecule has 2 heterocycles. The van der Waals surface area contributed by atoms with Gasteiger partial charge in [-0.15, -0.1) is 0 Å². The summed E-state index contributed by atoms with van der Waals surface area (Å²) in [6.07, 6.45) is 0. The van der Waals surface area contributed by atoms with Crippen LogP contribution in [0.3, 0.4) is 0 Å². The van der Waals surface area contributed by atoms with E-state index in [1.54, 1.807) is 11.3 Å². The van der Waals surface area contributed by atoms with Gasteiger partial charge in [-0.05, 0) is 64.7 Å². The number of halogens is 2. The Balaban J connectivity index is 1.82. The van der Waals surface area contributed by atoms with Crippen LogP contribution in [0, 0.1) is 12.7 Å². The fraction of sp³-hybridized carbons (Fsp3) is 0.0500. The molecule has 2 aromatic carbocycles. The fourth-order valence-corrected chi connectivity index (χ4v) is 4.02. The van der Waals surface area contributed by atoms with Gasteiger partial charge in [0.25, 0.3) is 0 Å². The smallest absolute Gasteiger partial charge is 0.231 e. The number of hydrogen-bond acceptors (Lipinski definition) is 4. The van der Waals surface area contributed by atoms with Crippen molar-refractivity contribution in [2.45, 2.75) is 6.92 Å². The molecule has 0 bridgehead atoms. The molecule has 2 aromatic heterocycles. The van der Waals surface area contributed by atoms with Crippen molar-refractivity contribution < 1.29 is 13.6 Å². The maximum atomic E-state index is 13.2. The minimum atomic E-state index is -0.514. The number of nitrogens with two attached hydrogens (primary N) is 1. The summed E-state index contributed by atoms with van der Waals surface area (Å²) in [5.41, 5.74) is 10.3. The van der Waals surface area contributed by atoms with Crippen molar-refractivity contribution in [2.24, 2.45) is 0 Å². The van der Waals surface area contributed by atoms with Gasteiger partial charge in [-0.3, -0.25) is 4.79 Å². The first-order chi connectivity index (χ1) is 12.5. The van der Waals surface area contributed by atoms with Gasteiger partial charge < -0.3 is 10.2 Å². The van der Waals surface area contributed by atoms with Gasteiger partial charge in [-0.2, -0.15) is 11.3 Å². The van der Waals surface area contributed by atoms with Crippen LogP contribution in [0.5, 0.6) is 0 Å². The number of thiophene rings is 1. The average molecular weight is 386 g/mol. The summed E-state index contributed by atoms with van der Waals surface area (Å²) < 4.78 is 19.0. The van der Waals surface area contributed by atoms with Crippen molar-refractivity contribution in [3.8, 4) is 11.1 Å². The number of aryl methyl sites for hydroxylation is 1. The number of anilines is 1. The highest BCUT2D eigenvalue weighted by Crippen LogP contribution is 2.35. The minimum Gasteiger partial charge on any atom is -0.450 e. The molecule has 130 valence electrons. The van der Waals surface area contributed by atoms with E-state index in [0.717, 1.165) is 17.2 Å². The highest BCUT2D eigenvalue weighted by molar-refractivity contribution is 7.08. The predicted octanol–water partition coefficient (Wildman–Crippen LogP) is 6.08. The molecule has 0 radical (unpaired) electrons. The van der Waals surface area contributed by atoms with Gasteiger partial charge >= 0.3 is 0 Å². The molecule has 0 fully saturated rings. The molecule has 26 heavy (non-hydrogen) atoms. The van der Waals surface area contributed by atoms with Crippen molar-refractivity contribution >= 4 is 45.4 Å². The number of carbonyl (C=O) groups excluding carboxylic acids is 1. The van der Waals surface area contributed by atoms with Crippen LogP contribution >= 0.6 is 22.9 Å². The standard InChI is InChI=1S/C20H13ClFNO2S/c1-10-8-26-9-15(10)11-2-4-14-17(6-11)25-20(18(14)23)19(24)13-5-3-12(22)7-16(13)21/h2-9H,23H2,1H3. The summed E-state index contributed by atoms with van der Waals surface area (Å²) in [4.78, 5) is 12.8. The number of nitrogen functional groups attached to an aromatic ring is 1. The molecule has 0 aliphatic heterocycles. The van der Waals surface area contributed by atoms with Gasteiger partial charge in [0.1, 0.15) is 11.4 Å². The molecule has 0 spiro atoms. The van der Waals surface area contributed by atoms with E-state index in [1.165, 1.54) is 17.7 Å². The summed E-state index contributed by atoms with van der Waals surface area (Å²) in [6.45, 7) is 2.04. The monoisotopic (exact) mass is 385 g/mol. The molecule has 0 atom stereocenters. The zero-order chi connectivity index (χ0) is 18.4. The molecular weight excluding hydrogens is 373 g/mol. The molecular formula is C20H13ClFNO2S. The van der Waals surface area contributed by atoms with E-state index in [-0.39, 0.29) is 22.0 Å². The lowest BCUT2D eigenvalue weighted by atomic mass is 10.0. The van der Waals surface area contributed by atoms with E-state index >= 15 is 0 Å². The minimum absolute atomic E-state index is 0.00713. The first-order valence-corrected chi connectivity index (χ1v) is 9.12. The van der Waals surface area contributed by atoms with Crippen LogP contribution in [-0.4, -0.2) is 5.78 Å². The van der Waals surface area contributed by atoms with Crippen LogP contribution < -0.4 is 5.73 Å². The zero-order valence-corrected chi connectivity index (χ0v) is 15.2. The second-order valence-electron chi connectivity index (χ2n) is 5.98. The van der Waals surface area contributed by atoms with Crippen LogP contribution in [0.15, 0.2) is 51.6 Å². The lowest BCUT2D eigenvalue weighted by Crippen LogP contribution is -2.04. The van der Waals surface area contributed by atoms with Gasteiger partial charge in [-0.25, -0.2) is 4.39 Å². The third-order valence-electron chi connectivity index (χ3n) is 4.28. The Morgan fingerprint density at radius 2 is 2.00 bits per heavy atom. The van der Waals surface area contributed by atoms with Gasteiger partial charge in [0, 0.05) is 10.9 Å². The Bertz CT molecular complexity index is 1160. The topological polar surface area (TPSA) is 56.2 Å². The van der Waals surface area contributed by atoms with E-state index in [9.17, 15) is 9.18 Å². The Labute approximate surface area is 157 Å². The van der Waals surface area contributed by atoms with Crippen LogP contribution in [0.4, 0.5) is 10.1 Å². The highest BCUT2D eigenvalue weighted by Gasteiger charge is 2.22. The SMILES string of the molecule is Cc1cscc1-c1ccc2c(N)c(C(=O)c3ccc(F)cc3Cl)oc2c1. The Kier molecular flexibility index (Phi) is 4.05. The van der Waals surface area contributed by atoms with E-state index in [0.29, 0.717) is 11.0 Å². The van der Waals surface area contributed by atoms with Crippen LogP contribution in [-0.2, 0) is 0 Å². The van der Waals surface area contributed by atoms with Gasteiger partial charge in [-0.1, -0.05) is 17.7 Å². The van der Waals surface area contributed by atoms with Crippen LogP contribution in [0.1, 0.15) is 21.7 Å². The van der Waals surface area contributed by atoms with E-state index in [2.05, 4.69) is 10.8 Å². The molecule has 0 saturated heterocycles. The van der Waals surface area contributed by atoms with Crippen LogP contribution in [0.2, 0.25) is 5.02 Å². The third-order valence-corrected chi connectivity index (χ3v) is 5.45. The Morgan fingerprint density at radius 3 is 2.69 bits per heavy atom. The molecule has 0 unspecified atom stereocenters. The van der Waals surface area contributed by atoms with Crippen molar-refractivity contribution in [3.05, 3.63) is 74.9 Å². The normalized spacial score (nSPS) is 11.2. The summed E-state index contributed by atoms with van der Waals surface area (Å²) >= 11 is 7.62. The number of hydrogen-bond donors (Lipinski definition) is 1. The molecule has 4 rings (SSSR count). The Morgan fingerprint density at radius 1 is 1.19 bits per heavy atom. The summed E-state index contributed by atoms with van der Waals surface area (Å²) in [7, 11) is 0. The molecule has 4 aromatic rings. The predicted molar refractivity (Wildman–Crippen MR) is 104 cm³/mol. The second-order valence-corrected chi connectivity index (χ2v) is 7.13. The van der Waals surface area contributed by atoms with E-state index in [1.807, 2.05) is 25.1 Å². The quantitative estimate of drug-likeness (QED) is 0.435. The molecule has 3 nitrogen and oxygen atoms in total. The van der Waals surface area contributed by atoms with E-state index < -0.39 is 11.6 Å². The van der Waals surface area contributed by atoms with E-state index in [4.69, 9.17) is 21.8 Å². The lowest BCUT2D eigenvalue weighted by Gasteiger charge is -2.02. The third kappa shape index (κ3) is 2.69. The van der Waals surface area contributed by atoms with Gasteiger partial charge in [0.2, 0.25) is 5.78 Å². The Hall–Kier alpha value is -2.63. The number of fused-ring (bicyclic) bond motifs is 1. The fourth-order valence-electron chi connectivity index (χ4n) is 2.90. The van der Waals surface area contributed by atoms with Gasteiger partial charge in [0.15, 0.2) is 5.76 Å². The summed E-state index contributed by atoms with van der Waals surface area (Å²) in [5.74, 6) is -0.982. The first kappa shape index (κ1) is 16.8. The number of rotatable bonds is 3. The maximum absolute atomic E-state index is 13.2.